The van der Waals surface area contributed by atoms with E-state index < -0.39 is 0 Å². The highest BCUT2D eigenvalue weighted by molar-refractivity contribution is 7.98. The maximum atomic E-state index is 12.8. The van der Waals surface area contributed by atoms with Crippen LogP contribution >= 0.6 is 11.8 Å². The Morgan fingerprint density at radius 1 is 1.08 bits per heavy atom. The summed E-state index contributed by atoms with van der Waals surface area (Å²) in [6.07, 6.45) is 1.55. The van der Waals surface area contributed by atoms with Crippen LogP contribution in [0.15, 0.2) is 38.6 Å². The number of aryl methyl sites for hydroxylation is 2. The molecule has 0 aliphatic carbocycles. The van der Waals surface area contributed by atoms with Crippen LogP contribution in [-0.4, -0.2) is 29.4 Å². The molecule has 0 aliphatic rings. The SMILES string of the molecule is CCCn1c(=O)c2ccccc2n2c(SCc3nnc(CC)o3)nnc12. The van der Waals surface area contributed by atoms with Crippen LogP contribution in [0.2, 0.25) is 0 Å². The first-order chi connectivity index (χ1) is 12.7. The Hall–Kier alpha value is -2.68. The van der Waals surface area contributed by atoms with Gasteiger partial charge in [0.2, 0.25) is 17.6 Å². The normalized spacial score (nSPS) is 11.6. The molecule has 4 aromatic rings. The maximum Gasteiger partial charge on any atom is 0.262 e. The van der Waals surface area contributed by atoms with Gasteiger partial charge in [-0.05, 0) is 18.6 Å². The molecule has 0 saturated heterocycles. The van der Waals surface area contributed by atoms with E-state index in [1.807, 2.05) is 42.5 Å². The molecule has 0 atom stereocenters. The Balaban J connectivity index is 1.82. The molecule has 0 radical (unpaired) electrons. The fourth-order valence-electron chi connectivity index (χ4n) is 2.87. The van der Waals surface area contributed by atoms with E-state index in [1.165, 1.54) is 11.8 Å². The van der Waals surface area contributed by atoms with Crippen LogP contribution in [0.25, 0.3) is 16.7 Å². The fraction of sp³-hybridized carbons (Fsp3) is 0.353. The van der Waals surface area contributed by atoms with E-state index in [9.17, 15) is 4.79 Å². The van der Waals surface area contributed by atoms with Crippen LogP contribution in [-0.2, 0) is 18.7 Å². The largest absolute Gasteiger partial charge is 0.424 e. The highest BCUT2D eigenvalue weighted by Crippen LogP contribution is 2.24. The number of para-hydroxylation sites is 1. The van der Waals surface area contributed by atoms with Crippen molar-refractivity contribution >= 4 is 28.4 Å². The minimum atomic E-state index is -0.0385. The topological polar surface area (TPSA) is 91.1 Å². The summed E-state index contributed by atoms with van der Waals surface area (Å²) < 4.78 is 9.16. The first-order valence-electron chi connectivity index (χ1n) is 8.53. The summed E-state index contributed by atoms with van der Waals surface area (Å²) in [5.74, 6) is 2.22. The van der Waals surface area contributed by atoms with E-state index in [2.05, 4.69) is 20.4 Å². The molecule has 4 rings (SSSR count). The summed E-state index contributed by atoms with van der Waals surface area (Å²) in [6, 6.07) is 7.53. The van der Waals surface area contributed by atoms with E-state index in [4.69, 9.17) is 4.42 Å². The predicted molar refractivity (Wildman–Crippen MR) is 98.3 cm³/mol. The summed E-state index contributed by atoms with van der Waals surface area (Å²) in [5, 5.41) is 17.9. The third-order valence-corrected chi connectivity index (χ3v) is 4.98. The highest BCUT2D eigenvalue weighted by atomic mass is 32.2. The molecular formula is C17H18N6O2S. The van der Waals surface area contributed by atoms with E-state index in [-0.39, 0.29) is 5.56 Å². The second kappa shape index (κ2) is 6.91. The van der Waals surface area contributed by atoms with Crippen molar-refractivity contribution in [3.63, 3.8) is 0 Å². The summed E-state index contributed by atoms with van der Waals surface area (Å²) in [4.78, 5) is 12.8. The number of aromatic nitrogens is 6. The van der Waals surface area contributed by atoms with Crippen molar-refractivity contribution in [1.82, 2.24) is 29.4 Å². The van der Waals surface area contributed by atoms with Crippen molar-refractivity contribution < 1.29 is 4.42 Å². The number of fused-ring (bicyclic) bond motifs is 3. The van der Waals surface area contributed by atoms with Crippen LogP contribution in [0.1, 0.15) is 32.0 Å². The number of thioether (sulfide) groups is 1. The molecule has 134 valence electrons. The number of hydrogen-bond donors (Lipinski definition) is 0. The molecule has 8 nitrogen and oxygen atoms in total. The van der Waals surface area contributed by atoms with E-state index in [1.54, 1.807) is 4.57 Å². The molecule has 0 N–H and O–H groups in total. The van der Waals surface area contributed by atoms with Gasteiger partial charge >= 0.3 is 0 Å². The Morgan fingerprint density at radius 3 is 2.65 bits per heavy atom. The molecule has 9 heteroatoms. The number of benzene rings is 1. The Labute approximate surface area is 153 Å². The molecule has 0 bridgehead atoms. The molecule has 3 aromatic heterocycles. The van der Waals surface area contributed by atoms with Crippen LogP contribution in [0, 0.1) is 0 Å². The minimum Gasteiger partial charge on any atom is -0.424 e. The van der Waals surface area contributed by atoms with Gasteiger partial charge in [0, 0.05) is 13.0 Å². The number of rotatable bonds is 6. The third kappa shape index (κ3) is 2.78. The van der Waals surface area contributed by atoms with Crippen LogP contribution in [0.3, 0.4) is 0 Å². The molecule has 0 spiro atoms. The van der Waals surface area contributed by atoms with Gasteiger partial charge in [-0.15, -0.1) is 20.4 Å². The smallest absolute Gasteiger partial charge is 0.262 e. The Morgan fingerprint density at radius 2 is 1.88 bits per heavy atom. The highest BCUT2D eigenvalue weighted by Gasteiger charge is 2.17. The second-order valence-corrected chi connectivity index (χ2v) is 6.77. The average molecular weight is 370 g/mol. The summed E-state index contributed by atoms with van der Waals surface area (Å²) in [7, 11) is 0. The van der Waals surface area contributed by atoms with Crippen molar-refractivity contribution in [2.24, 2.45) is 0 Å². The molecule has 0 saturated carbocycles. The molecule has 0 amide bonds. The van der Waals surface area contributed by atoms with Crippen molar-refractivity contribution in [3.8, 4) is 0 Å². The van der Waals surface area contributed by atoms with Crippen molar-refractivity contribution in [1.29, 1.82) is 0 Å². The molecule has 3 heterocycles. The number of nitrogens with zero attached hydrogens (tertiary/aromatic N) is 6. The van der Waals surface area contributed by atoms with E-state index >= 15 is 0 Å². The Bertz CT molecular complexity index is 1130. The van der Waals surface area contributed by atoms with E-state index in [0.29, 0.717) is 46.8 Å². The lowest BCUT2D eigenvalue weighted by Crippen LogP contribution is -2.23. The lowest BCUT2D eigenvalue weighted by molar-refractivity contribution is 0.470. The van der Waals surface area contributed by atoms with Crippen LogP contribution < -0.4 is 5.56 Å². The number of hydrogen-bond acceptors (Lipinski definition) is 7. The molecule has 0 fully saturated rings. The predicted octanol–water partition coefficient (Wildman–Crippen LogP) is 2.69. The summed E-state index contributed by atoms with van der Waals surface area (Å²) >= 11 is 1.46. The zero-order valence-corrected chi connectivity index (χ0v) is 15.4. The lowest BCUT2D eigenvalue weighted by atomic mass is 10.2. The van der Waals surface area contributed by atoms with Crippen molar-refractivity contribution in [3.05, 3.63) is 46.4 Å². The summed E-state index contributed by atoms with van der Waals surface area (Å²) in [6.45, 7) is 4.60. The van der Waals surface area contributed by atoms with Gasteiger partial charge in [0.1, 0.15) is 0 Å². The molecule has 26 heavy (non-hydrogen) atoms. The second-order valence-electron chi connectivity index (χ2n) is 5.82. The molecular weight excluding hydrogens is 352 g/mol. The first kappa shape index (κ1) is 16.8. The van der Waals surface area contributed by atoms with Crippen molar-refractivity contribution in [2.75, 3.05) is 0 Å². The van der Waals surface area contributed by atoms with Gasteiger partial charge in [-0.3, -0.25) is 13.8 Å². The van der Waals surface area contributed by atoms with E-state index in [0.717, 1.165) is 11.9 Å². The van der Waals surface area contributed by atoms with Gasteiger partial charge in [0.05, 0.1) is 16.7 Å². The average Bonchev–Trinajstić information content (AvgIpc) is 3.30. The molecule has 0 aliphatic heterocycles. The van der Waals surface area contributed by atoms with Gasteiger partial charge in [0.25, 0.3) is 5.56 Å². The monoisotopic (exact) mass is 370 g/mol. The lowest BCUT2D eigenvalue weighted by Gasteiger charge is -2.10. The van der Waals surface area contributed by atoms with Gasteiger partial charge in [-0.1, -0.05) is 37.7 Å². The molecule has 1 aromatic carbocycles. The quantitative estimate of drug-likeness (QED) is 0.482. The van der Waals surface area contributed by atoms with Crippen molar-refractivity contribution in [2.45, 2.75) is 44.1 Å². The zero-order valence-electron chi connectivity index (χ0n) is 14.5. The van der Waals surface area contributed by atoms with Crippen LogP contribution in [0.4, 0.5) is 0 Å². The molecule has 0 unspecified atom stereocenters. The van der Waals surface area contributed by atoms with Gasteiger partial charge in [-0.25, -0.2) is 0 Å². The first-order valence-corrected chi connectivity index (χ1v) is 9.52. The fourth-order valence-corrected chi connectivity index (χ4v) is 3.64. The third-order valence-electron chi connectivity index (χ3n) is 4.06. The summed E-state index contributed by atoms with van der Waals surface area (Å²) in [5.41, 5.74) is 0.760. The maximum absolute atomic E-state index is 12.8. The van der Waals surface area contributed by atoms with Gasteiger partial charge in [-0.2, -0.15) is 0 Å². The minimum absolute atomic E-state index is 0.0385. The Kier molecular flexibility index (Phi) is 4.46. The van der Waals surface area contributed by atoms with Gasteiger partial charge < -0.3 is 4.42 Å². The standard InChI is InChI=1S/C17H18N6O2S/c1-3-9-22-15(24)11-7-5-6-8-12(11)23-16(22)20-21-17(23)26-10-14-19-18-13(4-2)25-14/h5-8H,3-4,9-10H2,1-2H3. The zero-order chi connectivity index (χ0) is 18.1. The van der Waals surface area contributed by atoms with Crippen LogP contribution in [0.5, 0.6) is 0 Å². The van der Waals surface area contributed by atoms with Gasteiger partial charge in [0.15, 0.2) is 5.16 Å².